The first-order valence-electron chi connectivity index (χ1n) is 6.71. The lowest BCUT2D eigenvalue weighted by Crippen LogP contribution is -2.21. The third kappa shape index (κ3) is 3.99. The molecule has 2 aromatic rings. The van der Waals surface area contributed by atoms with E-state index in [4.69, 9.17) is 15.2 Å². The molecule has 1 aromatic carbocycles. The molecule has 2 rings (SSSR count). The highest BCUT2D eigenvalue weighted by Gasteiger charge is 2.05. The van der Waals surface area contributed by atoms with E-state index < -0.39 is 0 Å². The van der Waals surface area contributed by atoms with Crippen LogP contribution in [0.1, 0.15) is 12.7 Å². The van der Waals surface area contributed by atoms with E-state index in [9.17, 15) is 0 Å². The lowest BCUT2D eigenvalue weighted by molar-refractivity contribution is 0.295. The molecule has 2 N–H and O–H groups in total. The summed E-state index contributed by atoms with van der Waals surface area (Å²) in [6.45, 7) is 3.33. The van der Waals surface area contributed by atoms with Gasteiger partial charge in [-0.25, -0.2) is 4.98 Å². The molecule has 0 aliphatic heterocycles. The monoisotopic (exact) mass is 275 g/mol. The Hall–Kier alpha value is -2.01. The fraction of sp³-hybridized carbons (Fsp3) is 0.400. The highest BCUT2D eigenvalue weighted by molar-refractivity contribution is 5.31. The molecular weight excluding hydrogens is 254 g/mol. The van der Waals surface area contributed by atoms with Gasteiger partial charge in [-0.3, -0.25) is 0 Å². The molecule has 108 valence electrons. The summed E-state index contributed by atoms with van der Waals surface area (Å²) >= 11 is 0. The Morgan fingerprint density at radius 2 is 1.95 bits per heavy atom. The summed E-state index contributed by atoms with van der Waals surface area (Å²) in [7, 11) is 1.65. The zero-order valence-corrected chi connectivity index (χ0v) is 12.0. The number of nitrogens with two attached hydrogens (primary N) is 1. The van der Waals surface area contributed by atoms with Crippen LogP contribution in [0.5, 0.6) is 11.5 Å². The van der Waals surface area contributed by atoms with E-state index in [-0.39, 0.29) is 6.04 Å². The number of hydrogen-bond acceptors (Lipinski definition) is 4. The average molecular weight is 275 g/mol. The number of imidazole rings is 1. The van der Waals surface area contributed by atoms with Crippen molar-refractivity contribution >= 4 is 0 Å². The van der Waals surface area contributed by atoms with Crippen LogP contribution in [0.4, 0.5) is 0 Å². The lowest BCUT2D eigenvalue weighted by Gasteiger charge is -2.11. The summed E-state index contributed by atoms with van der Waals surface area (Å²) in [5.74, 6) is 2.66. The molecule has 0 saturated carbocycles. The maximum Gasteiger partial charge on any atom is 0.119 e. The van der Waals surface area contributed by atoms with Crippen molar-refractivity contribution in [3.63, 3.8) is 0 Å². The predicted molar refractivity (Wildman–Crippen MR) is 78.1 cm³/mol. The predicted octanol–water partition coefficient (Wildman–Crippen LogP) is 1.86. The van der Waals surface area contributed by atoms with Crippen molar-refractivity contribution in [3.05, 3.63) is 42.5 Å². The first-order valence-corrected chi connectivity index (χ1v) is 6.71. The van der Waals surface area contributed by atoms with Gasteiger partial charge >= 0.3 is 0 Å². The second kappa shape index (κ2) is 6.96. The van der Waals surface area contributed by atoms with Gasteiger partial charge in [0.2, 0.25) is 0 Å². The van der Waals surface area contributed by atoms with E-state index in [1.54, 1.807) is 13.3 Å². The van der Waals surface area contributed by atoms with Crippen LogP contribution in [0.2, 0.25) is 0 Å². The van der Waals surface area contributed by atoms with E-state index in [2.05, 4.69) is 9.55 Å². The van der Waals surface area contributed by atoms with Crippen LogP contribution in [-0.4, -0.2) is 29.3 Å². The smallest absolute Gasteiger partial charge is 0.119 e. The Morgan fingerprint density at radius 1 is 1.25 bits per heavy atom. The number of hydrogen-bond donors (Lipinski definition) is 1. The molecule has 20 heavy (non-hydrogen) atoms. The van der Waals surface area contributed by atoms with E-state index in [0.717, 1.165) is 30.3 Å². The highest BCUT2D eigenvalue weighted by Crippen LogP contribution is 2.17. The lowest BCUT2D eigenvalue weighted by atomic mass is 10.2. The van der Waals surface area contributed by atoms with E-state index in [0.29, 0.717) is 6.61 Å². The quantitative estimate of drug-likeness (QED) is 0.838. The Bertz CT molecular complexity index is 520. The van der Waals surface area contributed by atoms with Gasteiger partial charge in [-0.2, -0.15) is 0 Å². The molecule has 0 aliphatic carbocycles. The molecule has 1 heterocycles. The normalized spacial score (nSPS) is 12.2. The van der Waals surface area contributed by atoms with Gasteiger partial charge in [0.05, 0.1) is 13.7 Å². The number of rotatable bonds is 7. The minimum Gasteiger partial charge on any atom is -0.497 e. The summed E-state index contributed by atoms with van der Waals surface area (Å²) < 4.78 is 12.9. The summed E-state index contributed by atoms with van der Waals surface area (Å²) in [5, 5.41) is 0. The summed E-state index contributed by atoms with van der Waals surface area (Å²) in [6, 6.07) is 7.67. The number of aromatic nitrogens is 2. The molecule has 1 unspecified atom stereocenters. The van der Waals surface area contributed by atoms with Crippen molar-refractivity contribution in [2.75, 3.05) is 13.7 Å². The van der Waals surface area contributed by atoms with Crippen molar-refractivity contribution in [1.82, 2.24) is 9.55 Å². The van der Waals surface area contributed by atoms with Gasteiger partial charge < -0.3 is 19.8 Å². The number of methoxy groups -OCH3 is 1. The molecule has 5 heteroatoms. The molecule has 0 saturated heterocycles. The van der Waals surface area contributed by atoms with Crippen LogP contribution in [0.25, 0.3) is 0 Å². The number of ether oxygens (including phenoxy) is 2. The van der Waals surface area contributed by atoms with Crippen LogP contribution >= 0.6 is 0 Å². The minimum absolute atomic E-state index is 0.110. The van der Waals surface area contributed by atoms with Gasteiger partial charge in [-0.1, -0.05) is 0 Å². The van der Waals surface area contributed by atoms with Crippen molar-refractivity contribution < 1.29 is 9.47 Å². The third-order valence-corrected chi connectivity index (χ3v) is 2.97. The van der Waals surface area contributed by atoms with Gasteiger partial charge in [0, 0.05) is 24.9 Å². The van der Waals surface area contributed by atoms with Crippen molar-refractivity contribution in [3.8, 4) is 11.5 Å². The van der Waals surface area contributed by atoms with Gasteiger partial charge in [0.1, 0.15) is 23.9 Å². The fourth-order valence-corrected chi connectivity index (χ4v) is 1.96. The Labute approximate surface area is 119 Å². The van der Waals surface area contributed by atoms with E-state index in [1.165, 1.54) is 0 Å². The Morgan fingerprint density at radius 3 is 2.60 bits per heavy atom. The largest absolute Gasteiger partial charge is 0.497 e. The van der Waals surface area contributed by atoms with Crippen LogP contribution in [0, 0.1) is 0 Å². The zero-order valence-electron chi connectivity index (χ0n) is 12.0. The first-order chi connectivity index (χ1) is 9.69. The van der Waals surface area contributed by atoms with Gasteiger partial charge in [0.25, 0.3) is 0 Å². The van der Waals surface area contributed by atoms with Gasteiger partial charge in [0.15, 0.2) is 0 Å². The van der Waals surface area contributed by atoms with E-state index in [1.807, 2.05) is 37.4 Å². The molecule has 0 bridgehead atoms. The molecule has 0 aliphatic rings. The Balaban J connectivity index is 1.84. The molecular formula is C15H21N3O2. The maximum absolute atomic E-state index is 5.80. The van der Waals surface area contributed by atoms with Crippen molar-refractivity contribution in [2.24, 2.45) is 5.73 Å². The molecule has 0 amide bonds. The second-order valence-electron chi connectivity index (χ2n) is 4.74. The highest BCUT2D eigenvalue weighted by atomic mass is 16.5. The molecule has 1 atom stereocenters. The minimum atomic E-state index is 0.110. The third-order valence-electron chi connectivity index (χ3n) is 2.97. The molecule has 5 nitrogen and oxygen atoms in total. The Kier molecular flexibility index (Phi) is 5.01. The topological polar surface area (TPSA) is 62.3 Å². The standard InChI is InChI=1S/C15H21N3O2/c1-12(16)11-15-17-7-8-18(15)9-10-20-14-5-3-13(19-2)4-6-14/h3-8,12H,9-11,16H2,1-2H3. The SMILES string of the molecule is COc1ccc(OCCn2ccnc2CC(C)N)cc1. The summed E-state index contributed by atoms with van der Waals surface area (Å²) in [4.78, 5) is 4.32. The average Bonchev–Trinajstić information content (AvgIpc) is 2.86. The summed E-state index contributed by atoms with van der Waals surface area (Å²) in [5.41, 5.74) is 5.80. The molecule has 0 fully saturated rings. The molecule has 0 spiro atoms. The van der Waals surface area contributed by atoms with Gasteiger partial charge in [-0.15, -0.1) is 0 Å². The zero-order chi connectivity index (χ0) is 14.4. The van der Waals surface area contributed by atoms with Crippen molar-refractivity contribution in [2.45, 2.75) is 25.9 Å². The van der Waals surface area contributed by atoms with Crippen LogP contribution in [0.15, 0.2) is 36.7 Å². The second-order valence-corrected chi connectivity index (χ2v) is 4.74. The molecule has 1 aromatic heterocycles. The maximum atomic E-state index is 5.80. The van der Waals surface area contributed by atoms with Gasteiger partial charge in [-0.05, 0) is 31.2 Å². The van der Waals surface area contributed by atoms with Crippen LogP contribution in [-0.2, 0) is 13.0 Å². The molecule has 0 radical (unpaired) electrons. The van der Waals surface area contributed by atoms with Crippen LogP contribution in [0.3, 0.4) is 0 Å². The number of nitrogens with zero attached hydrogens (tertiary/aromatic N) is 2. The van der Waals surface area contributed by atoms with Crippen molar-refractivity contribution in [1.29, 1.82) is 0 Å². The van der Waals surface area contributed by atoms with Crippen LogP contribution < -0.4 is 15.2 Å². The first kappa shape index (κ1) is 14.4. The fourth-order valence-electron chi connectivity index (χ4n) is 1.96. The summed E-state index contributed by atoms with van der Waals surface area (Å²) in [6.07, 6.45) is 4.52. The number of benzene rings is 1. The van der Waals surface area contributed by atoms with E-state index >= 15 is 0 Å².